The summed E-state index contributed by atoms with van der Waals surface area (Å²) in [6.45, 7) is 4.42. The number of nitrogens with zero attached hydrogens (tertiary/aromatic N) is 1. The van der Waals surface area contributed by atoms with Crippen molar-refractivity contribution >= 4 is 10.0 Å². The van der Waals surface area contributed by atoms with Gasteiger partial charge in [0.25, 0.3) is 0 Å². The quantitative estimate of drug-likeness (QED) is 0.797. The van der Waals surface area contributed by atoms with Crippen LogP contribution in [0.25, 0.3) is 0 Å². The molecule has 26 heavy (non-hydrogen) atoms. The van der Waals surface area contributed by atoms with Gasteiger partial charge in [0.1, 0.15) is 11.5 Å². The molecule has 6 heteroatoms. The van der Waals surface area contributed by atoms with Gasteiger partial charge in [-0.1, -0.05) is 12.1 Å². The molecular formula is C20H25NO4S. The molecule has 1 saturated heterocycles. The standard InChI is InChI=1S/C20H25NO4S/c1-14-7-9-17(12-15(14)2)26(22,23)21-11-5-6-19(21)18-10-8-16(24-3)13-20(18)25-4/h7-10,12-13,19H,5-6,11H2,1-4H3. The zero-order valence-electron chi connectivity index (χ0n) is 15.7. The fraction of sp³-hybridized carbons (Fsp3) is 0.400. The highest BCUT2D eigenvalue weighted by Crippen LogP contribution is 2.41. The Hall–Kier alpha value is -2.05. The summed E-state index contributed by atoms with van der Waals surface area (Å²) in [5.74, 6) is 1.34. The zero-order chi connectivity index (χ0) is 18.9. The molecule has 0 spiro atoms. The predicted molar refractivity (Wildman–Crippen MR) is 101 cm³/mol. The highest BCUT2D eigenvalue weighted by molar-refractivity contribution is 7.89. The van der Waals surface area contributed by atoms with E-state index in [0.717, 1.165) is 29.5 Å². The lowest BCUT2D eigenvalue weighted by Crippen LogP contribution is -2.31. The molecule has 3 rings (SSSR count). The molecule has 0 amide bonds. The lowest BCUT2D eigenvalue weighted by Gasteiger charge is -2.26. The second-order valence-corrected chi connectivity index (χ2v) is 8.52. The van der Waals surface area contributed by atoms with Crippen LogP contribution in [-0.4, -0.2) is 33.5 Å². The summed E-state index contributed by atoms with van der Waals surface area (Å²) in [6, 6.07) is 10.6. The van der Waals surface area contributed by atoms with Gasteiger partial charge in [-0.05, 0) is 56.0 Å². The van der Waals surface area contributed by atoms with Crippen molar-refractivity contribution < 1.29 is 17.9 Å². The maximum absolute atomic E-state index is 13.3. The minimum Gasteiger partial charge on any atom is -0.497 e. The van der Waals surface area contributed by atoms with Crippen LogP contribution in [-0.2, 0) is 10.0 Å². The first kappa shape index (κ1) is 18.7. The van der Waals surface area contributed by atoms with Crippen LogP contribution in [0, 0.1) is 13.8 Å². The Kier molecular flexibility index (Phi) is 5.25. The Morgan fingerprint density at radius 1 is 1.00 bits per heavy atom. The second-order valence-electron chi connectivity index (χ2n) is 6.63. The van der Waals surface area contributed by atoms with Gasteiger partial charge in [-0.25, -0.2) is 8.42 Å². The summed E-state index contributed by atoms with van der Waals surface area (Å²) in [5.41, 5.74) is 2.93. The number of ether oxygens (including phenoxy) is 2. The molecule has 1 aliphatic heterocycles. The Bertz CT molecular complexity index is 908. The zero-order valence-corrected chi connectivity index (χ0v) is 16.5. The minimum atomic E-state index is -3.57. The first-order valence-electron chi connectivity index (χ1n) is 8.69. The van der Waals surface area contributed by atoms with E-state index >= 15 is 0 Å². The number of aryl methyl sites for hydroxylation is 2. The molecule has 5 nitrogen and oxygen atoms in total. The second kappa shape index (κ2) is 7.29. The average Bonchev–Trinajstić information content (AvgIpc) is 3.13. The van der Waals surface area contributed by atoms with Crippen molar-refractivity contribution in [2.24, 2.45) is 0 Å². The van der Waals surface area contributed by atoms with Gasteiger partial charge in [-0.15, -0.1) is 0 Å². The fourth-order valence-electron chi connectivity index (χ4n) is 3.44. The molecule has 1 aliphatic rings. The van der Waals surface area contributed by atoms with Crippen LogP contribution in [0.5, 0.6) is 11.5 Å². The third-order valence-corrected chi connectivity index (χ3v) is 6.99. The third kappa shape index (κ3) is 3.31. The van der Waals surface area contributed by atoms with E-state index in [1.807, 2.05) is 32.0 Å². The monoisotopic (exact) mass is 375 g/mol. The van der Waals surface area contributed by atoms with E-state index in [-0.39, 0.29) is 6.04 Å². The number of methoxy groups -OCH3 is 2. The molecule has 1 heterocycles. The van der Waals surface area contributed by atoms with Crippen molar-refractivity contribution in [1.82, 2.24) is 4.31 Å². The van der Waals surface area contributed by atoms with E-state index < -0.39 is 10.0 Å². The lowest BCUT2D eigenvalue weighted by atomic mass is 10.0. The topological polar surface area (TPSA) is 55.8 Å². The van der Waals surface area contributed by atoms with Crippen LogP contribution >= 0.6 is 0 Å². The number of hydrogen-bond acceptors (Lipinski definition) is 4. The van der Waals surface area contributed by atoms with Gasteiger partial charge in [0.15, 0.2) is 0 Å². The lowest BCUT2D eigenvalue weighted by molar-refractivity contribution is 0.361. The molecule has 1 atom stereocenters. The Morgan fingerprint density at radius 2 is 1.77 bits per heavy atom. The summed E-state index contributed by atoms with van der Waals surface area (Å²) in [5, 5.41) is 0. The van der Waals surface area contributed by atoms with E-state index in [1.54, 1.807) is 36.7 Å². The highest BCUT2D eigenvalue weighted by Gasteiger charge is 2.37. The SMILES string of the molecule is COc1ccc(C2CCCN2S(=O)(=O)c2ccc(C)c(C)c2)c(OC)c1. The summed E-state index contributed by atoms with van der Waals surface area (Å²) < 4.78 is 38.9. The van der Waals surface area contributed by atoms with Gasteiger partial charge in [0, 0.05) is 18.2 Å². The van der Waals surface area contributed by atoms with Crippen LogP contribution in [0.2, 0.25) is 0 Å². The van der Waals surface area contributed by atoms with E-state index in [4.69, 9.17) is 9.47 Å². The minimum absolute atomic E-state index is 0.234. The van der Waals surface area contributed by atoms with Crippen molar-refractivity contribution in [2.45, 2.75) is 37.6 Å². The maximum atomic E-state index is 13.3. The molecule has 0 radical (unpaired) electrons. The van der Waals surface area contributed by atoms with Gasteiger partial charge in [-0.3, -0.25) is 0 Å². The normalized spacial score (nSPS) is 18.1. The summed E-state index contributed by atoms with van der Waals surface area (Å²) >= 11 is 0. The van der Waals surface area contributed by atoms with Gasteiger partial charge < -0.3 is 9.47 Å². The average molecular weight is 375 g/mol. The van der Waals surface area contributed by atoms with Crippen molar-refractivity contribution in [3.05, 3.63) is 53.1 Å². The first-order chi connectivity index (χ1) is 12.4. The molecule has 0 aromatic heterocycles. The van der Waals surface area contributed by atoms with Gasteiger partial charge >= 0.3 is 0 Å². The van der Waals surface area contributed by atoms with Crippen molar-refractivity contribution in [2.75, 3.05) is 20.8 Å². The molecule has 0 saturated carbocycles. The van der Waals surface area contributed by atoms with E-state index in [0.29, 0.717) is 22.9 Å². The number of benzene rings is 2. The Labute approximate surface area is 155 Å². The molecule has 140 valence electrons. The number of sulfonamides is 1. The summed E-state index contributed by atoms with van der Waals surface area (Å²) in [6.07, 6.45) is 1.59. The number of rotatable bonds is 5. The Morgan fingerprint density at radius 3 is 2.42 bits per heavy atom. The van der Waals surface area contributed by atoms with Crippen LogP contribution in [0.15, 0.2) is 41.3 Å². The van der Waals surface area contributed by atoms with Crippen LogP contribution < -0.4 is 9.47 Å². The number of hydrogen-bond donors (Lipinski definition) is 0. The third-order valence-electron chi connectivity index (χ3n) is 5.09. The van der Waals surface area contributed by atoms with Crippen LogP contribution in [0.3, 0.4) is 0 Å². The molecule has 0 bridgehead atoms. The largest absolute Gasteiger partial charge is 0.497 e. The molecule has 1 unspecified atom stereocenters. The van der Waals surface area contributed by atoms with E-state index in [9.17, 15) is 8.42 Å². The molecule has 2 aromatic carbocycles. The molecule has 1 fully saturated rings. The van der Waals surface area contributed by atoms with Crippen molar-refractivity contribution in [3.8, 4) is 11.5 Å². The predicted octanol–water partition coefficient (Wildman–Crippen LogP) is 3.85. The molecular weight excluding hydrogens is 350 g/mol. The van der Waals surface area contributed by atoms with Gasteiger partial charge in [0.05, 0.1) is 25.2 Å². The van der Waals surface area contributed by atoms with Gasteiger partial charge in [-0.2, -0.15) is 4.31 Å². The van der Waals surface area contributed by atoms with Crippen LogP contribution in [0.1, 0.15) is 35.6 Å². The smallest absolute Gasteiger partial charge is 0.243 e. The summed E-state index contributed by atoms with van der Waals surface area (Å²) in [4.78, 5) is 0.347. The highest BCUT2D eigenvalue weighted by atomic mass is 32.2. The molecule has 0 N–H and O–H groups in total. The maximum Gasteiger partial charge on any atom is 0.243 e. The fourth-order valence-corrected chi connectivity index (χ4v) is 5.20. The molecule has 0 aliphatic carbocycles. The van der Waals surface area contributed by atoms with E-state index in [2.05, 4.69) is 0 Å². The van der Waals surface area contributed by atoms with E-state index in [1.165, 1.54) is 0 Å². The Balaban J connectivity index is 2.01. The summed E-state index contributed by atoms with van der Waals surface area (Å²) in [7, 11) is -0.379. The first-order valence-corrected chi connectivity index (χ1v) is 10.1. The van der Waals surface area contributed by atoms with Crippen LogP contribution in [0.4, 0.5) is 0 Å². The van der Waals surface area contributed by atoms with Crippen molar-refractivity contribution in [3.63, 3.8) is 0 Å². The molecule has 2 aromatic rings. The van der Waals surface area contributed by atoms with Crippen molar-refractivity contribution in [1.29, 1.82) is 0 Å². The van der Waals surface area contributed by atoms with Gasteiger partial charge in [0.2, 0.25) is 10.0 Å².